The topological polar surface area (TPSA) is 23.8 Å². The van der Waals surface area contributed by atoms with Crippen molar-refractivity contribution >= 4 is 37.4 Å². The lowest BCUT2D eigenvalue weighted by Gasteiger charge is -1.97. The molecule has 0 saturated carbocycles. The molecule has 1 heterocycles. The van der Waals surface area contributed by atoms with Crippen LogP contribution >= 0.6 is 27.3 Å². The molecule has 0 aliphatic rings. The van der Waals surface area contributed by atoms with Crippen molar-refractivity contribution in [1.29, 1.82) is 5.26 Å². The highest BCUT2D eigenvalue weighted by atomic mass is 79.9. The van der Waals surface area contributed by atoms with E-state index in [1.807, 2.05) is 0 Å². The van der Waals surface area contributed by atoms with E-state index in [0.717, 1.165) is 15.6 Å². The third kappa shape index (κ3) is 1.54. The van der Waals surface area contributed by atoms with Crippen molar-refractivity contribution in [3.8, 4) is 6.07 Å². The molecule has 4 heteroatoms. The van der Waals surface area contributed by atoms with Gasteiger partial charge in [-0.05, 0) is 29.1 Å². The fraction of sp³-hybridized carbons (Fsp3) is 0.100. The zero-order valence-corrected chi connectivity index (χ0v) is 9.45. The molecular weight excluding hydrogens is 265 g/mol. The van der Waals surface area contributed by atoms with Gasteiger partial charge in [0.15, 0.2) is 0 Å². The highest BCUT2D eigenvalue weighted by molar-refractivity contribution is 9.08. The number of thiophene rings is 1. The van der Waals surface area contributed by atoms with Gasteiger partial charge in [-0.2, -0.15) is 5.26 Å². The van der Waals surface area contributed by atoms with Gasteiger partial charge in [-0.25, -0.2) is 4.39 Å². The second kappa shape index (κ2) is 3.68. The Morgan fingerprint density at radius 1 is 1.43 bits per heavy atom. The average molecular weight is 270 g/mol. The molecule has 0 N–H and O–H groups in total. The van der Waals surface area contributed by atoms with E-state index in [1.165, 1.54) is 23.5 Å². The third-order valence-electron chi connectivity index (χ3n) is 1.91. The normalized spacial score (nSPS) is 10.4. The second-order valence-corrected chi connectivity index (χ2v) is 4.45. The van der Waals surface area contributed by atoms with Gasteiger partial charge in [-0.15, -0.1) is 11.3 Å². The zero-order chi connectivity index (χ0) is 10.1. The Morgan fingerprint density at radius 2 is 2.21 bits per heavy atom. The number of hydrogen-bond acceptors (Lipinski definition) is 2. The van der Waals surface area contributed by atoms with E-state index in [1.54, 1.807) is 6.07 Å². The first-order chi connectivity index (χ1) is 6.74. The summed E-state index contributed by atoms with van der Waals surface area (Å²) in [7, 11) is 0. The summed E-state index contributed by atoms with van der Waals surface area (Å²) in [5.41, 5.74) is 0.895. The van der Waals surface area contributed by atoms with E-state index in [2.05, 4.69) is 22.0 Å². The minimum atomic E-state index is -0.255. The Bertz CT molecular complexity index is 527. The molecule has 2 rings (SSSR count). The Hall–Kier alpha value is -0.920. The molecule has 0 fully saturated rings. The third-order valence-corrected chi connectivity index (χ3v) is 3.65. The van der Waals surface area contributed by atoms with Gasteiger partial charge in [0.05, 0.1) is 0 Å². The van der Waals surface area contributed by atoms with Crippen molar-refractivity contribution in [2.45, 2.75) is 5.33 Å². The molecule has 2 aromatic rings. The van der Waals surface area contributed by atoms with Gasteiger partial charge in [-0.3, -0.25) is 0 Å². The molecular formula is C10H5BrFNS. The number of fused-ring (bicyclic) bond motifs is 1. The van der Waals surface area contributed by atoms with Crippen molar-refractivity contribution in [2.75, 3.05) is 0 Å². The van der Waals surface area contributed by atoms with Crippen molar-refractivity contribution < 1.29 is 4.39 Å². The van der Waals surface area contributed by atoms with Crippen LogP contribution < -0.4 is 0 Å². The lowest BCUT2D eigenvalue weighted by atomic mass is 10.2. The zero-order valence-electron chi connectivity index (χ0n) is 7.05. The van der Waals surface area contributed by atoms with Crippen LogP contribution in [-0.2, 0) is 5.33 Å². The van der Waals surface area contributed by atoms with Gasteiger partial charge < -0.3 is 0 Å². The second-order valence-electron chi connectivity index (χ2n) is 2.84. The van der Waals surface area contributed by atoms with Gasteiger partial charge in [-0.1, -0.05) is 15.9 Å². The monoisotopic (exact) mass is 269 g/mol. The summed E-state index contributed by atoms with van der Waals surface area (Å²) in [5, 5.41) is 10.1. The molecule has 0 aliphatic carbocycles. The van der Waals surface area contributed by atoms with Crippen LogP contribution in [0.3, 0.4) is 0 Å². The maximum atomic E-state index is 13.1. The molecule has 0 saturated heterocycles. The Balaban J connectivity index is 2.79. The van der Waals surface area contributed by atoms with Crippen LogP contribution in [0, 0.1) is 17.1 Å². The van der Waals surface area contributed by atoms with Crippen molar-refractivity contribution in [3.63, 3.8) is 0 Å². The number of hydrogen-bond donors (Lipinski definition) is 0. The van der Waals surface area contributed by atoms with Crippen molar-refractivity contribution in [2.24, 2.45) is 0 Å². The van der Waals surface area contributed by atoms with Crippen molar-refractivity contribution in [1.82, 2.24) is 0 Å². The predicted octanol–water partition coefficient (Wildman–Crippen LogP) is 3.81. The minimum Gasteiger partial charge on any atom is -0.207 e. The van der Waals surface area contributed by atoms with Gasteiger partial charge in [0.1, 0.15) is 16.8 Å². The van der Waals surface area contributed by atoms with Crippen LogP contribution in [0.15, 0.2) is 18.2 Å². The van der Waals surface area contributed by atoms with Gasteiger partial charge in [0, 0.05) is 10.0 Å². The summed E-state index contributed by atoms with van der Waals surface area (Å²) in [4.78, 5) is 0.618. The SMILES string of the molecule is N#Cc1cc2cc(F)cc(CBr)c2s1. The number of nitrogens with zero attached hydrogens (tertiary/aromatic N) is 1. The fourth-order valence-electron chi connectivity index (χ4n) is 1.34. The largest absolute Gasteiger partial charge is 0.207 e. The number of nitriles is 1. The van der Waals surface area contributed by atoms with Crippen LogP contribution in [0.4, 0.5) is 4.39 Å². The standard InChI is InChI=1S/C10H5BrFNS/c11-4-7-2-8(12)1-6-3-9(5-13)14-10(6)7/h1-3H,4H2. The number of alkyl halides is 1. The van der Waals surface area contributed by atoms with Gasteiger partial charge >= 0.3 is 0 Å². The number of halogens is 2. The Labute approximate surface area is 92.9 Å². The summed E-state index contributed by atoms with van der Waals surface area (Å²) in [5.74, 6) is -0.255. The summed E-state index contributed by atoms with van der Waals surface area (Å²) < 4.78 is 14.1. The molecule has 1 nitrogen and oxygen atoms in total. The molecule has 0 aliphatic heterocycles. The van der Waals surface area contributed by atoms with E-state index in [4.69, 9.17) is 5.26 Å². The van der Waals surface area contributed by atoms with E-state index >= 15 is 0 Å². The molecule has 0 amide bonds. The molecule has 0 bridgehead atoms. The molecule has 0 spiro atoms. The summed E-state index contributed by atoms with van der Waals surface area (Å²) in [6, 6.07) is 6.74. The Kier molecular flexibility index (Phi) is 2.53. The molecule has 0 atom stereocenters. The van der Waals surface area contributed by atoms with Crippen molar-refractivity contribution in [3.05, 3.63) is 34.5 Å². The lowest BCUT2D eigenvalue weighted by Crippen LogP contribution is -1.80. The molecule has 1 aromatic heterocycles. The highest BCUT2D eigenvalue weighted by Gasteiger charge is 2.07. The molecule has 1 aromatic carbocycles. The molecule has 14 heavy (non-hydrogen) atoms. The minimum absolute atomic E-state index is 0.255. The van der Waals surface area contributed by atoms with Crippen LogP contribution in [0.25, 0.3) is 10.1 Å². The summed E-state index contributed by atoms with van der Waals surface area (Å²) in [6.07, 6.45) is 0. The lowest BCUT2D eigenvalue weighted by molar-refractivity contribution is 0.628. The van der Waals surface area contributed by atoms with E-state index in [0.29, 0.717) is 10.2 Å². The van der Waals surface area contributed by atoms with E-state index in [-0.39, 0.29) is 5.82 Å². The quantitative estimate of drug-likeness (QED) is 0.723. The van der Waals surface area contributed by atoms with Crippen LogP contribution in [0.1, 0.15) is 10.4 Å². The van der Waals surface area contributed by atoms with Gasteiger partial charge in [0.2, 0.25) is 0 Å². The van der Waals surface area contributed by atoms with Gasteiger partial charge in [0.25, 0.3) is 0 Å². The van der Waals surface area contributed by atoms with Crippen LogP contribution in [-0.4, -0.2) is 0 Å². The van der Waals surface area contributed by atoms with E-state index < -0.39 is 0 Å². The molecule has 0 radical (unpaired) electrons. The van der Waals surface area contributed by atoms with Crippen LogP contribution in [0.2, 0.25) is 0 Å². The molecule has 70 valence electrons. The number of rotatable bonds is 1. The van der Waals surface area contributed by atoms with Crippen LogP contribution in [0.5, 0.6) is 0 Å². The predicted molar refractivity (Wildman–Crippen MR) is 59.1 cm³/mol. The summed E-state index contributed by atoms with van der Waals surface area (Å²) in [6.45, 7) is 0. The Morgan fingerprint density at radius 3 is 2.86 bits per heavy atom. The maximum Gasteiger partial charge on any atom is 0.124 e. The maximum absolute atomic E-state index is 13.1. The first-order valence-electron chi connectivity index (χ1n) is 3.92. The summed E-state index contributed by atoms with van der Waals surface area (Å²) >= 11 is 4.70. The molecule has 0 unspecified atom stereocenters. The highest BCUT2D eigenvalue weighted by Crippen LogP contribution is 2.30. The van der Waals surface area contributed by atoms with E-state index in [9.17, 15) is 4.39 Å². The first kappa shape index (κ1) is 9.63. The average Bonchev–Trinajstić information content (AvgIpc) is 2.59. The first-order valence-corrected chi connectivity index (χ1v) is 5.86. The smallest absolute Gasteiger partial charge is 0.124 e. The number of benzene rings is 1. The fourth-order valence-corrected chi connectivity index (χ4v) is 2.92.